The van der Waals surface area contributed by atoms with Crippen molar-refractivity contribution >= 4 is 11.9 Å². The van der Waals surface area contributed by atoms with Crippen molar-refractivity contribution in [3.8, 4) is 0 Å². The summed E-state index contributed by atoms with van der Waals surface area (Å²) in [5.41, 5.74) is 0. The first-order valence-corrected chi connectivity index (χ1v) is 13.6. The summed E-state index contributed by atoms with van der Waals surface area (Å²) in [6, 6.07) is 0. The Morgan fingerprint density at radius 2 is 1.06 bits per heavy atom. The summed E-state index contributed by atoms with van der Waals surface area (Å²) in [4.78, 5) is 23.7. The Kier molecular flexibility index (Phi) is 18.8. The fourth-order valence-corrected chi connectivity index (χ4v) is 4.36. The van der Waals surface area contributed by atoms with E-state index in [-0.39, 0.29) is 30.9 Å². The molecule has 1 saturated carbocycles. The number of carbonyl (C=O) groups excluding carboxylic acids is 2. The van der Waals surface area contributed by atoms with Crippen LogP contribution in [0.2, 0.25) is 0 Å². The van der Waals surface area contributed by atoms with E-state index in [1.165, 1.54) is 89.9 Å². The average Bonchev–Trinajstić information content (AvgIpc) is 3.03. The van der Waals surface area contributed by atoms with E-state index in [2.05, 4.69) is 6.92 Å². The van der Waals surface area contributed by atoms with Crippen LogP contribution in [0, 0.1) is 0 Å². The molecule has 0 saturated heterocycles. The highest BCUT2D eigenvalue weighted by molar-refractivity contribution is 5.77. The Hall–Kier alpha value is -1.06. The van der Waals surface area contributed by atoms with E-state index < -0.39 is 0 Å². The molecule has 4 nitrogen and oxygen atoms in total. The van der Waals surface area contributed by atoms with Crippen molar-refractivity contribution in [2.24, 2.45) is 0 Å². The molecular weight excluding hydrogens is 388 g/mol. The molecule has 31 heavy (non-hydrogen) atoms. The predicted octanol–water partition coefficient (Wildman–Crippen LogP) is 8.06. The molecule has 0 aromatic carbocycles. The summed E-state index contributed by atoms with van der Waals surface area (Å²) in [5.74, 6) is -0.521. The van der Waals surface area contributed by atoms with Crippen molar-refractivity contribution in [2.45, 2.75) is 154 Å². The molecule has 182 valence electrons. The van der Waals surface area contributed by atoms with Crippen molar-refractivity contribution in [1.82, 2.24) is 0 Å². The lowest BCUT2D eigenvalue weighted by Gasteiger charge is -2.15. The molecule has 0 N–H and O–H groups in total. The van der Waals surface area contributed by atoms with Gasteiger partial charge in [0, 0.05) is 0 Å². The van der Waals surface area contributed by atoms with Crippen molar-refractivity contribution in [3.05, 3.63) is 0 Å². The molecule has 1 aliphatic carbocycles. The molecule has 0 aromatic heterocycles. The van der Waals surface area contributed by atoms with Crippen LogP contribution < -0.4 is 0 Å². The van der Waals surface area contributed by atoms with Crippen molar-refractivity contribution in [2.75, 3.05) is 6.61 Å². The summed E-state index contributed by atoms with van der Waals surface area (Å²) in [5, 5.41) is 0. The molecular formula is C27H50O4. The number of hydrogen-bond acceptors (Lipinski definition) is 4. The molecule has 0 aliphatic heterocycles. The van der Waals surface area contributed by atoms with Crippen molar-refractivity contribution in [1.29, 1.82) is 0 Å². The van der Waals surface area contributed by atoms with E-state index in [4.69, 9.17) is 9.47 Å². The van der Waals surface area contributed by atoms with Crippen LogP contribution >= 0.6 is 0 Å². The molecule has 0 spiro atoms. The van der Waals surface area contributed by atoms with Gasteiger partial charge >= 0.3 is 11.9 Å². The number of unbranched alkanes of at least 4 members (excludes halogenated alkanes) is 13. The zero-order valence-electron chi connectivity index (χ0n) is 20.5. The van der Waals surface area contributed by atoms with Gasteiger partial charge < -0.3 is 9.47 Å². The van der Waals surface area contributed by atoms with Crippen LogP contribution in [-0.4, -0.2) is 24.6 Å². The molecule has 0 bridgehead atoms. The standard InChI is InChI=1S/C27H50O4/c1-2-3-4-5-6-7-8-9-10-11-12-13-16-19-24-30-26(28)22-23-27(29)31-25-20-17-14-15-18-21-25/h25H,2-24H2,1H3. The fourth-order valence-electron chi connectivity index (χ4n) is 4.36. The summed E-state index contributed by atoms with van der Waals surface area (Å²) >= 11 is 0. The Morgan fingerprint density at radius 1 is 0.613 bits per heavy atom. The molecule has 0 amide bonds. The van der Waals surface area contributed by atoms with E-state index in [0.29, 0.717) is 6.61 Å². The first-order valence-electron chi connectivity index (χ1n) is 13.6. The van der Waals surface area contributed by atoms with Gasteiger partial charge in [-0.05, 0) is 32.1 Å². The van der Waals surface area contributed by atoms with Gasteiger partial charge in [-0.3, -0.25) is 9.59 Å². The van der Waals surface area contributed by atoms with E-state index >= 15 is 0 Å². The van der Waals surface area contributed by atoms with Crippen LogP contribution in [0.15, 0.2) is 0 Å². The lowest BCUT2D eigenvalue weighted by atomic mass is 10.0. The molecule has 0 unspecified atom stereocenters. The minimum absolute atomic E-state index is 0.0570. The van der Waals surface area contributed by atoms with Gasteiger partial charge in [-0.25, -0.2) is 0 Å². The van der Waals surface area contributed by atoms with Crippen LogP contribution in [0.4, 0.5) is 0 Å². The first kappa shape index (κ1) is 28.0. The highest BCUT2D eigenvalue weighted by Gasteiger charge is 2.17. The van der Waals surface area contributed by atoms with Gasteiger partial charge in [0.25, 0.3) is 0 Å². The maximum absolute atomic E-state index is 11.9. The number of esters is 2. The number of hydrogen-bond donors (Lipinski definition) is 0. The van der Waals surface area contributed by atoms with E-state index in [0.717, 1.165) is 38.5 Å². The van der Waals surface area contributed by atoms with Gasteiger partial charge in [0.1, 0.15) is 6.10 Å². The van der Waals surface area contributed by atoms with Gasteiger partial charge in [-0.15, -0.1) is 0 Å². The number of rotatable bonds is 19. The second-order valence-electron chi connectivity index (χ2n) is 9.42. The molecule has 1 rings (SSSR count). The van der Waals surface area contributed by atoms with E-state index in [9.17, 15) is 9.59 Å². The second kappa shape index (κ2) is 20.8. The third-order valence-electron chi connectivity index (χ3n) is 6.39. The van der Waals surface area contributed by atoms with Crippen LogP contribution in [0.25, 0.3) is 0 Å². The fraction of sp³-hybridized carbons (Fsp3) is 0.926. The highest BCUT2D eigenvalue weighted by atomic mass is 16.5. The molecule has 1 aliphatic rings. The van der Waals surface area contributed by atoms with E-state index in [1.54, 1.807) is 0 Å². The third-order valence-corrected chi connectivity index (χ3v) is 6.39. The third kappa shape index (κ3) is 18.2. The Morgan fingerprint density at radius 3 is 1.58 bits per heavy atom. The first-order chi connectivity index (χ1) is 15.2. The summed E-state index contributed by atoms with van der Waals surface area (Å²) in [6.07, 6.45) is 25.5. The Labute approximate surface area is 192 Å². The molecule has 0 aromatic rings. The molecule has 4 heteroatoms. The highest BCUT2D eigenvalue weighted by Crippen LogP contribution is 2.20. The average molecular weight is 439 g/mol. The zero-order chi connectivity index (χ0) is 22.4. The van der Waals surface area contributed by atoms with E-state index in [1.807, 2.05) is 0 Å². The van der Waals surface area contributed by atoms with Gasteiger partial charge in [0.15, 0.2) is 0 Å². The van der Waals surface area contributed by atoms with Crippen LogP contribution in [0.3, 0.4) is 0 Å². The monoisotopic (exact) mass is 438 g/mol. The molecule has 0 atom stereocenters. The largest absolute Gasteiger partial charge is 0.466 e. The van der Waals surface area contributed by atoms with Gasteiger partial charge in [0.2, 0.25) is 0 Å². The quantitative estimate of drug-likeness (QED) is 0.116. The number of carbonyl (C=O) groups is 2. The molecule has 0 radical (unpaired) electrons. The summed E-state index contributed by atoms with van der Waals surface area (Å²) in [7, 11) is 0. The normalized spacial score (nSPS) is 14.9. The maximum Gasteiger partial charge on any atom is 0.306 e. The summed E-state index contributed by atoms with van der Waals surface area (Å²) in [6.45, 7) is 2.75. The summed E-state index contributed by atoms with van der Waals surface area (Å²) < 4.78 is 10.8. The second-order valence-corrected chi connectivity index (χ2v) is 9.42. The minimum Gasteiger partial charge on any atom is -0.466 e. The smallest absolute Gasteiger partial charge is 0.306 e. The molecule has 1 fully saturated rings. The minimum atomic E-state index is -0.271. The SMILES string of the molecule is CCCCCCCCCCCCCCCCOC(=O)CCC(=O)OC1CCCCCC1. The van der Waals surface area contributed by atoms with Crippen LogP contribution in [0.5, 0.6) is 0 Å². The predicted molar refractivity (Wildman–Crippen MR) is 128 cm³/mol. The van der Waals surface area contributed by atoms with Gasteiger partial charge in [0.05, 0.1) is 19.4 Å². The van der Waals surface area contributed by atoms with Crippen LogP contribution in [0.1, 0.15) is 148 Å². The Bertz CT molecular complexity index is 427. The lowest BCUT2D eigenvalue weighted by molar-refractivity contribution is -0.154. The Balaban J connectivity index is 1.81. The maximum atomic E-state index is 11.9. The zero-order valence-corrected chi connectivity index (χ0v) is 20.5. The number of ether oxygens (including phenoxy) is 2. The molecule has 0 heterocycles. The van der Waals surface area contributed by atoms with Gasteiger partial charge in [-0.1, -0.05) is 103 Å². The lowest BCUT2D eigenvalue weighted by Crippen LogP contribution is -2.18. The van der Waals surface area contributed by atoms with Gasteiger partial charge in [-0.2, -0.15) is 0 Å². The van der Waals surface area contributed by atoms with Crippen molar-refractivity contribution in [3.63, 3.8) is 0 Å². The van der Waals surface area contributed by atoms with Crippen molar-refractivity contribution < 1.29 is 19.1 Å². The van der Waals surface area contributed by atoms with Crippen LogP contribution in [-0.2, 0) is 19.1 Å². The topological polar surface area (TPSA) is 52.6 Å².